The highest BCUT2D eigenvalue weighted by Gasteiger charge is 2.19. The highest BCUT2D eigenvalue weighted by molar-refractivity contribution is 5.71. The molecule has 6 heteroatoms. The number of rotatable bonds is 50. The van der Waals surface area contributed by atoms with Crippen molar-refractivity contribution in [2.75, 3.05) is 13.2 Å². The molecule has 1 atom stereocenters. The largest absolute Gasteiger partial charge is 0.462 e. The molecule has 6 nitrogen and oxygen atoms in total. The zero-order valence-electron chi connectivity index (χ0n) is 44.8. The lowest BCUT2D eigenvalue weighted by molar-refractivity contribution is -0.167. The predicted molar refractivity (Wildman–Crippen MR) is 297 cm³/mol. The Morgan fingerprint density at radius 3 is 0.971 bits per heavy atom. The third-order valence-corrected chi connectivity index (χ3v) is 11.7. The quantitative estimate of drug-likeness (QED) is 0.0262. The molecule has 0 aliphatic heterocycles. The first-order valence-electron chi connectivity index (χ1n) is 28.4. The Bertz CT molecular complexity index is 1420. The Hall–Kier alpha value is -3.93. The third-order valence-electron chi connectivity index (χ3n) is 11.7. The first kappa shape index (κ1) is 65.1. The minimum atomic E-state index is -0.816. The van der Waals surface area contributed by atoms with E-state index < -0.39 is 6.10 Å². The second kappa shape index (κ2) is 56.7. The van der Waals surface area contributed by atoms with E-state index in [4.69, 9.17) is 14.2 Å². The van der Waals surface area contributed by atoms with Crippen molar-refractivity contribution in [3.63, 3.8) is 0 Å². The van der Waals surface area contributed by atoms with Crippen LogP contribution >= 0.6 is 0 Å². The molecule has 0 radical (unpaired) electrons. The number of esters is 3. The standard InChI is InChI=1S/C63H104O6/c1-4-7-10-13-16-19-22-25-28-30-31-33-36-38-41-44-47-50-53-56-62(65)68-59-60(69-63(66)57-54-51-48-45-42-39-34-27-24-21-18-15-12-9-6-3)58-67-61(64)55-52-49-46-43-40-37-35-32-29-26-23-20-17-14-11-8-5-2/h7,10,16,18-19,21,25-29,31,33-34,38,41-42,45,60H,4-6,8-9,11-15,17,20,22-24,30,32,35-37,39-40,43-44,46-59H2,1-3H3/b10-7-,19-16-,21-18-,28-25-,29-26-,33-31-,34-27-,41-38-,45-42-/t60-/m0/s1. The molecule has 69 heavy (non-hydrogen) atoms. The number of hydrogen-bond acceptors (Lipinski definition) is 6. The number of carbonyl (C=O) groups excluding carboxylic acids is 3. The van der Waals surface area contributed by atoms with E-state index in [2.05, 4.69) is 130 Å². The summed E-state index contributed by atoms with van der Waals surface area (Å²) in [5.74, 6) is -0.984. The van der Waals surface area contributed by atoms with Gasteiger partial charge in [0.15, 0.2) is 6.10 Å². The molecule has 0 saturated heterocycles. The predicted octanol–water partition coefficient (Wildman–Crippen LogP) is 19.1. The summed E-state index contributed by atoms with van der Waals surface area (Å²) in [6.07, 6.45) is 76.5. The van der Waals surface area contributed by atoms with Crippen molar-refractivity contribution in [3.8, 4) is 0 Å². The molecule has 0 bridgehead atoms. The number of allylic oxidation sites excluding steroid dienone is 18. The molecule has 0 aromatic rings. The monoisotopic (exact) mass is 957 g/mol. The highest BCUT2D eigenvalue weighted by Crippen LogP contribution is 2.13. The highest BCUT2D eigenvalue weighted by atomic mass is 16.6. The Kier molecular flexibility index (Phi) is 53.4. The number of unbranched alkanes of at least 4 members (excludes halogenated alkanes) is 21. The fraction of sp³-hybridized carbons (Fsp3) is 0.667. The molecule has 0 unspecified atom stereocenters. The summed E-state index contributed by atoms with van der Waals surface area (Å²) >= 11 is 0. The van der Waals surface area contributed by atoms with Gasteiger partial charge in [-0.25, -0.2) is 0 Å². The SMILES string of the molecule is CC/C=C\C/C=C\C/C=C\C/C=C\C/C=C\CCCCCC(=O)OC[C@H](COC(=O)CCCCCCCCC/C=C\CCCCCCCC)OC(=O)CCCC/C=C\C/C=C\C/C=C\CCCCC. The van der Waals surface area contributed by atoms with E-state index in [0.717, 1.165) is 103 Å². The van der Waals surface area contributed by atoms with E-state index in [9.17, 15) is 14.4 Å². The summed E-state index contributed by atoms with van der Waals surface area (Å²) in [6.45, 7) is 6.43. The molecule has 0 N–H and O–H groups in total. The fourth-order valence-corrected chi connectivity index (χ4v) is 7.47. The van der Waals surface area contributed by atoms with Crippen LogP contribution in [0.2, 0.25) is 0 Å². The summed E-state index contributed by atoms with van der Waals surface area (Å²) in [5, 5.41) is 0. The molecular formula is C63H104O6. The molecular weight excluding hydrogens is 853 g/mol. The van der Waals surface area contributed by atoms with E-state index in [0.29, 0.717) is 19.3 Å². The Labute approximate surface area is 425 Å². The van der Waals surface area contributed by atoms with Crippen LogP contribution in [0.25, 0.3) is 0 Å². The van der Waals surface area contributed by atoms with Gasteiger partial charge in [-0.15, -0.1) is 0 Å². The van der Waals surface area contributed by atoms with Crippen molar-refractivity contribution in [2.45, 2.75) is 258 Å². The van der Waals surface area contributed by atoms with Gasteiger partial charge in [0.05, 0.1) is 0 Å². The Morgan fingerprint density at radius 2 is 0.565 bits per heavy atom. The molecule has 0 rings (SSSR count). The Balaban J connectivity index is 4.51. The van der Waals surface area contributed by atoms with E-state index in [1.165, 1.54) is 103 Å². The van der Waals surface area contributed by atoms with Crippen LogP contribution in [0.4, 0.5) is 0 Å². The molecule has 0 fully saturated rings. The molecule has 0 aromatic heterocycles. The average Bonchev–Trinajstić information content (AvgIpc) is 3.35. The normalized spacial score (nSPS) is 12.9. The van der Waals surface area contributed by atoms with Crippen molar-refractivity contribution in [1.82, 2.24) is 0 Å². The number of carbonyl (C=O) groups is 3. The molecule has 0 aliphatic carbocycles. The molecule has 0 aromatic carbocycles. The molecule has 0 saturated carbocycles. The summed E-state index contributed by atoms with van der Waals surface area (Å²) in [6, 6.07) is 0. The van der Waals surface area contributed by atoms with E-state index in [1.807, 2.05) is 0 Å². The van der Waals surface area contributed by atoms with Crippen molar-refractivity contribution in [2.24, 2.45) is 0 Å². The topological polar surface area (TPSA) is 78.9 Å². The zero-order valence-corrected chi connectivity index (χ0v) is 44.8. The molecule has 0 amide bonds. The minimum absolute atomic E-state index is 0.108. The maximum atomic E-state index is 12.8. The van der Waals surface area contributed by atoms with Crippen LogP contribution < -0.4 is 0 Å². The number of ether oxygens (including phenoxy) is 3. The molecule has 0 heterocycles. The van der Waals surface area contributed by atoms with Gasteiger partial charge in [0.2, 0.25) is 0 Å². The van der Waals surface area contributed by atoms with Gasteiger partial charge in [0.25, 0.3) is 0 Å². The summed E-state index contributed by atoms with van der Waals surface area (Å²) in [4.78, 5) is 38.1. The first-order chi connectivity index (χ1) is 34.0. The van der Waals surface area contributed by atoms with Crippen molar-refractivity contribution >= 4 is 17.9 Å². The summed E-state index contributed by atoms with van der Waals surface area (Å²) < 4.78 is 16.8. The molecule has 0 aliphatic rings. The van der Waals surface area contributed by atoms with E-state index in [-0.39, 0.29) is 37.5 Å². The van der Waals surface area contributed by atoms with Crippen molar-refractivity contribution in [1.29, 1.82) is 0 Å². The maximum absolute atomic E-state index is 12.8. The van der Waals surface area contributed by atoms with Gasteiger partial charge >= 0.3 is 17.9 Å². The van der Waals surface area contributed by atoms with Gasteiger partial charge in [-0.05, 0) is 128 Å². The fourth-order valence-electron chi connectivity index (χ4n) is 7.47. The van der Waals surface area contributed by atoms with Gasteiger partial charge in [0, 0.05) is 19.3 Å². The van der Waals surface area contributed by atoms with Crippen LogP contribution in [0.15, 0.2) is 109 Å². The smallest absolute Gasteiger partial charge is 0.306 e. The third kappa shape index (κ3) is 54.9. The lowest BCUT2D eigenvalue weighted by atomic mass is 10.1. The second-order valence-electron chi connectivity index (χ2n) is 18.5. The van der Waals surface area contributed by atoms with E-state index >= 15 is 0 Å². The van der Waals surface area contributed by atoms with Crippen molar-refractivity contribution < 1.29 is 28.6 Å². The van der Waals surface area contributed by atoms with Gasteiger partial charge in [-0.3, -0.25) is 14.4 Å². The van der Waals surface area contributed by atoms with Gasteiger partial charge in [-0.1, -0.05) is 214 Å². The van der Waals surface area contributed by atoms with Gasteiger partial charge in [-0.2, -0.15) is 0 Å². The maximum Gasteiger partial charge on any atom is 0.306 e. The van der Waals surface area contributed by atoms with Gasteiger partial charge < -0.3 is 14.2 Å². The molecule has 0 spiro atoms. The second-order valence-corrected chi connectivity index (χ2v) is 18.5. The summed E-state index contributed by atoms with van der Waals surface area (Å²) in [7, 11) is 0. The lowest BCUT2D eigenvalue weighted by Gasteiger charge is -2.18. The lowest BCUT2D eigenvalue weighted by Crippen LogP contribution is -2.30. The Morgan fingerprint density at radius 1 is 0.304 bits per heavy atom. The van der Waals surface area contributed by atoms with Crippen LogP contribution in [0, 0.1) is 0 Å². The zero-order chi connectivity index (χ0) is 50.0. The average molecular weight is 958 g/mol. The van der Waals surface area contributed by atoms with Crippen LogP contribution in [0.1, 0.15) is 252 Å². The van der Waals surface area contributed by atoms with Crippen LogP contribution in [0.3, 0.4) is 0 Å². The summed E-state index contributed by atoms with van der Waals surface area (Å²) in [5.41, 5.74) is 0. The number of hydrogen-bond donors (Lipinski definition) is 0. The van der Waals surface area contributed by atoms with Crippen LogP contribution in [-0.4, -0.2) is 37.2 Å². The van der Waals surface area contributed by atoms with Crippen LogP contribution in [-0.2, 0) is 28.6 Å². The van der Waals surface area contributed by atoms with Crippen molar-refractivity contribution in [3.05, 3.63) is 109 Å². The van der Waals surface area contributed by atoms with Gasteiger partial charge in [0.1, 0.15) is 13.2 Å². The first-order valence-corrected chi connectivity index (χ1v) is 28.4. The molecule has 392 valence electrons. The minimum Gasteiger partial charge on any atom is -0.462 e. The van der Waals surface area contributed by atoms with Crippen LogP contribution in [0.5, 0.6) is 0 Å². The van der Waals surface area contributed by atoms with E-state index in [1.54, 1.807) is 0 Å².